The number of nitrogens with two attached hydrogens (primary N) is 1. The van der Waals surface area contributed by atoms with Gasteiger partial charge in [0.05, 0.1) is 16.7 Å². The SMILES string of the molecule is Nc1ccn(CCCOc2c(Cl)cccc2Cl)n1. The molecule has 2 rings (SSSR count). The maximum absolute atomic E-state index is 5.99. The average molecular weight is 286 g/mol. The summed E-state index contributed by atoms with van der Waals surface area (Å²) in [4.78, 5) is 0. The Bertz CT molecular complexity index is 508. The van der Waals surface area contributed by atoms with E-state index in [4.69, 9.17) is 33.7 Å². The van der Waals surface area contributed by atoms with Crippen LogP contribution in [0.15, 0.2) is 30.5 Å². The van der Waals surface area contributed by atoms with Crippen molar-refractivity contribution in [1.82, 2.24) is 9.78 Å². The number of halogens is 2. The zero-order chi connectivity index (χ0) is 13.0. The van der Waals surface area contributed by atoms with Crippen molar-refractivity contribution in [3.8, 4) is 5.75 Å². The quantitative estimate of drug-likeness (QED) is 0.858. The summed E-state index contributed by atoms with van der Waals surface area (Å²) < 4.78 is 7.33. The molecule has 0 bridgehead atoms. The molecule has 6 heteroatoms. The Morgan fingerprint density at radius 3 is 2.56 bits per heavy atom. The lowest BCUT2D eigenvalue weighted by atomic mass is 10.3. The summed E-state index contributed by atoms with van der Waals surface area (Å²) in [6.45, 7) is 1.25. The van der Waals surface area contributed by atoms with Crippen molar-refractivity contribution >= 4 is 29.0 Å². The Labute approximate surface area is 115 Å². The van der Waals surface area contributed by atoms with Gasteiger partial charge in [-0.1, -0.05) is 29.3 Å². The van der Waals surface area contributed by atoms with E-state index in [1.54, 1.807) is 28.9 Å². The molecule has 0 amide bonds. The Morgan fingerprint density at radius 2 is 1.94 bits per heavy atom. The minimum absolute atomic E-state index is 0.517. The van der Waals surface area contributed by atoms with Crippen LogP contribution in [0, 0.1) is 0 Å². The first-order valence-electron chi connectivity index (χ1n) is 5.52. The van der Waals surface area contributed by atoms with Crippen molar-refractivity contribution in [2.24, 2.45) is 0 Å². The fourth-order valence-electron chi connectivity index (χ4n) is 1.52. The summed E-state index contributed by atoms with van der Waals surface area (Å²) in [5.41, 5.74) is 5.52. The third-order valence-electron chi connectivity index (χ3n) is 2.36. The molecule has 96 valence electrons. The van der Waals surface area contributed by atoms with Gasteiger partial charge in [0.1, 0.15) is 5.82 Å². The molecule has 1 aromatic heterocycles. The van der Waals surface area contributed by atoms with Crippen molar-refractivity contribution < 1.29 is 4.74 Å². The van der Waals surface area contributed by atoms with Crippen LogP contribution in [0.2, 0.25) is 10.0 Å². The molecule has 0 spiro atoms. The summed E-state index contributed by atoms with van der Waals surface area (Å²) in [5, 5.41) is 5.12. The van der Waals surface area contributed by atoms with Crippen LogP contribution in [0.4, 0.5) is 5.82 Å². The third-order valence-corrected chi connectivity index (χ3v) is 2.95. The maximum Gasteiger partial charge on any atom is 0.156 e. The zero-order valence-corrected chi connectivity index (χ0v) is 11.2. The topological polar surface area (TPSA) is 53.1 Å². The molecule has 2 N–H and O–H groups in total. The first-order chi connectivity index (χ1) is 8.66. The fourth-order valence-corrected chi connectivity index (χ4v) is 2.03. The number of rotatable bonds is 5. The van der Waals surface area contributed by atoms with Crippen LogP contribution in [0.1, 0.15) is 6.42 Å². The minimum Gasteiger partial charge on any atom is -0.490 e. The molecule has 0 aliphatic carbocycles. The second-order valence-corrected chi connectivity index (χ2v) is 4.57. The van der Waals surface area contributed by atoms with Crippen LogP contribution in [0.25, 0.3) is 0 Å². The predicted octanol–water partition coefficient (Wildman–Crippen LogP) is 3.24. The molecule has 1 aromatic carbocycles. The number of anilines is 1. The number of ether oxygens (including phenoxy) is 1. The lowest BCUT2D eigenvalue weighted by Gasteiger charge is -2.09. The molecule has 4 nitrogen and oxygen atoms in total. The number of benzene rings is 1. The van der Waals surface area contributed by atoms with E-state index >= 15 is 0 Å². The Kier molecular flexibility index (Phi) is 4.33. The van der Waals surface area contributed by atoms with Gasteiger partial charge in [0, 0.05) is 19.2 Å². The highest BCUT2D eigenvalue weighted by molar-refractivity contribution is 6.37. The van der Waals surface area contributed by atoms with E-state index in [-0.39, 0.29) is 0 Å². The molecule has 0 aliphatic heterocycles. The molecule has 0 saturated heterocycles. The van der Waals surface area contributed by atoms with Gasteiger partial charge < -0.3 is 10.5 Å². The Balaban J connectivity index is 1.82. The lowest BCUT2D eigenvalue weighted by molar-refractivity contribution is 0.299. The molecule has 0 aliphatic rings. The van der Waals surface area contributed by atoms with Gasteiger partial charge in [-0.25, -0.2) is 0 Å². The molecule has 18 heavy (non-hydrogen) atoms. The number of hydrogen-bond donors (Lipinski definition) is 1. The first kappa shape index (κ1) is 13.1. The number of aryl methyl sites for hydroxylation is 1. The molecule has 1 heterocycles. The second kappa shape index (κ2) is 5.98. The van der Waals surface area contributed by atoms with E-state index in [2.05, 4.69) is 5.10 Å². The highest BCUT2D eigenvalue weighted by Gasteiger charge is 2.06. The number of nitrogens with zero attached hydrogens (tertiary/aromatic N) is 2. The van der Waals surface area contributed by atoms with Gasteiger partial charge in [0.2, 0.25) is 0 Å². The molecule has 2 aromatic rings. The normalized spacial score (nSPS) is 10.6. The van der Waals surface area contributed by atoms with Gasteiger partial charge in [0.15, 0.2) is 5.75 Å². The molecular weight excluding hydrogens is 273 g/mol. The van der Waals surface area contributed by atoms with Crippen molar-refractivity contribution in [2.75, 3.05) is 12.3 Å². The molecule has 0 radical (unpaired) electrons. The third kappa shape index (κ3) is 3.31. The highest BCUT2D eigenvalue weighted by atomic mass is 35.5. The van der Waals surface area contributed by atoms with Gasteiger partial charge in [-0.3, -0.25) is 4.68 Å². The van der Waals surface area contributed by atoms with Crippen LogP contribution < -0.4 is 10.5 Å². The van der Waals surface area contributed by atoms with Gasteiger partial charge in [-0.05, 0) is 18.2 Å². The Morgan fingerprint density at radius 1 is 1.22 bits per heavy atom. The van der Waals surface area contributed by atoms with E-state index in [1.165, 1.54) is 0 Å². The van der Waals surface area contributed by atoms with Gasteiger partial charge in [-0.15, -0.1) is 0 Å². The molecule has 0 fully saturated rings. The van der Waals surface area contributed by atoms with Crippen LogP contribution in [-0.4, -0.2) is 16.4 Å². The summed E-state index contributed by atoms with van der Waals surface area (Å²) >= 11 is 12.0. The monoisotopic (exact) mass is 285 g/mol. The van der Waals surface area contributed by atoms with E-state index in [1.807, 2.05) is 6.20 Å². The highest BCUT2D eigenvalue weighted by Crippen LogP contribution is 2.32. The van der Waals surface area contributed by atoms with Crippen molar-refractivity contribution in [1.29, 1.82) is 0 Å². The van der Waals surface area contributed by atoms with Crippen LogP contribution in [0.3, 0.4) is 0 Å². The fraction of sp³-hybridized carbons (Fsp3) is 0.250. The zero-order valence-electron chi connectivity index (χ0n) is 9.64. The van der Waals surface area contributed by atoms with Crippen molar-refractivity contribution in [3.63, 3.8) is 0 Å². The van der Waals surface area contributed by atoms with Crippen LogP contribution in [0.5, 0.6) is 5.75 Å². The van der Waals surface area contributed by atoms with E-state index in [0.29, 0.717) is 28.2 Å². The summed E-state index contributed by atoms with van der Waals surface area (Å²) in [7, 11) is 0. The first-order valence-corrected chi connectivity index (χ1v) is 6.28. The maximum atomic E-state index is 5.99. The van der Waals surface area contributed by atoms with Crippen LogP contribution in [-0.2, 0) is 6.54 Å². The van der Waals surface area contributed by atoms with Gasteiger partial charge in [0.25, 0.3) is 0 Å². The minimum atomic E-state index is 0.517. The number of hydrogen-bond acceptors (Lipinski definition) is 3. The average Bonchev–Trinajstić information content (AvgIpc) is 2.73. The smallest absolute Gasteiger partial charge is 0.156 e. The molecule has 0 saturated carbocycles. The van der Waals surface area contributed by atoms with E-state index in [9.17, 15) is 0 Å². The summed E-state index contributed by atoms with van der Waals surface area (Å²) in [6, 6.07) is 7.03. The lowest BCUT2D eigenvalue weighted by Crippen LogP contribution is -2.05. The molecule has 0 unspecified atom stereocenters. The summed E-state index contributed by atoms with van der Waals surface area (Å²) in [6.07, 6.45) is 2.63. The van der Waals surface area contributed by atoms with E-state index < -0.39 is 0 Å². The van der Waals surface area contributed by atoms with Crippen LogP contribution >= 0.6 is 23.2 Å². The Hall–Kier alpha value is -1.39. The number of nitrogen functional groups attached to an aromatic ring is 1. The predicted molar refractivity (Wildman–Crippen MR) is 73.2 cm³/mol. The van der Waals surface area contributed by atoms with Crippen molar-refractivity contribution in [3.05, 3.63) is 40.5 Å². The second-order valence-electron chi connectivity index (χ2n) is 3.76. The number of para-hydroxylation sites is 1. The molecule has 0 atom stereocenters. The van der Waals surface area contributed by atoms with Gasteiger partial charge >= 0.3 is 0 Å². The van der Waals surface area contributed by atoms with E-state index in [0.717, 1.165) is 13.0 Å². The largest absolute Gasteiger partial charge is 0.490 e. The number of aromatic nitrogens is 2. The molecular formula is C12H13Cl2N3O. The summed E-state index contributed by atoms with van der Waals surface area (Å²) in [5.74, 6) is 1.05. The van der Waals surface area contributed by atoms with Gasteiger partial charge in [-0.2, -0.15) is 5.10 Å². The standard InChI is InChI=1S/C12H13Cl2N3O/c13-9-3-1-4-10(14)12(9)18-8-2-6-17-7-5-11(15)16-17/h1,3-5,7H,2,6,8H2,(H2,15,16). The van der Waals surface area contributed by atoms with Crippen molar-refractivity contribution in [2.45, 2.75) is 13.0 Å².